The third-order valence-electron chi connectivity index (χ3n) is 3.07. The third kappa shape index (κ3) is 3.53. The second-order valence-corrected chi connectivity index (χ2v) is 5.22. The molecule has 1 aromatic rings. The van der Waals surface area contributed by atoms with Crippen LogP contribution in [0.15, 0.2) is 6.33 Å². The van der Waals surface area contributed by atoms with Gasteiger partial charge in [-0.2, -0.15) is 5.10 Å². The van der Waals surface area contributed by atoms with Gasteiger partial charge in [-0.1, -0.05) is 0 Å². The molecule has 0 saturated heterocycles. The van der Waals surface area contributed by atoms with Gasteiger partial charge < -0.3 is 5.11 Å². The number of carboxylic acid groups (broad SMARTS) is 1. The molecule has 100 valence electrons. The quantitative estimate of drug-likeness (QED) is 0.788. The van der Waals surface area contributed by atoms with Crippen molar-refractivity contribution in [1.82, 2.24) is 19.7 Å². The molecule has 2 rings (SSSR count). The molecule has 0 bridgehead atoms. The molecule has 18 heavy (non-hydrogen) atoms. The van der Waals surface area contributed by atoms with Gasteiger partial charge in [-0.15, -0.1) is 0 Å². The highest BCUT2D eigenvalue weighted by atomic mass is 16.4. The van der Waals surface area contributed by atoms with Gasteiger partial charge in [0, 0.05) is 12.6 Å². The SMILES string of the molecule is CC(C)n1ncnc1CN(CC(=O)O)CC1CC1. The van der Waals surface area contributed by atoms with Gasteiger partial charge in [0.25, 0.3) is 0 Å². The lowest BCUT2D eigenvalue weighted by atomic mass is 10.3. The van der Waals surface area contributed by atoms with E-state index in [1.165, 1.54) is 19.2 Å². The molecule has 0 atom stereocenters. The predicted molar refractivity (Wildman–Crippen MR) is 66.0 cm³/mol. The minimum absolute atomic E-state index is 0.0709. The Hall–Kier alpha value is -1.43. The predicted octanol–water partition coefficient (Wildman–Crippen LogP) is 1.16. The number of nitrogens with zero attached hydrogens (tertiary/aromatic N) is 4. The maximum Gasteiger partial charge on any atom is 0.317 e. The Morgan fingerprint density at radius 2 is 2.33 bits per heavy atom. The fourth-order valence-electron chi connectivity index (χ4n) is 2.06. The first-order valence-electron chi connectivity index (χ1n) is 6.38. The van der Waals surface area contributed by atoms with Crippen LogP contribution in [0.1, 0.15) is 38.6 Å². The van der Waals surface area contributed by atoms with Gasteiger partial charge in [-0.3, -0.25) is 9.69 Å². The summed E-state index contributed by atoms with van der Waals surface area (Å²) in [4.78, 5) is 17.1. The number of aromatic nitrogens is 3. The van der Waals surface area contributed by atoms with Crippen molar-refractivity contribution in [2.75, 3.05) is 13.1 Å². The molecule has 1 aliphatic carbocycles. The van der Waals surface area contributed by atoms with E-state index >= 15 is 0 Å². The van der Waals surface area contributed by atoms with Crippen molar-refractivity contribution in [3.05, 3.63) is 12.2 Å². The second kappa shape index (κ2) is 5.48. The average Bonchev–Trinajstić information content (AvgIpc) is 2.93. The van der Waals surface area contributed by atoms with E-state index in [4.69, 9.17) is 5.11 Å². The van der Waals surface area contributed by atoms with Gasteiger partial charge in [-0.05, 0) is 32.6 Å². The highest BCUT2D eigenvalue weighted by Crippen LogP contribution is 2.30. The first-order valence-corrected chi connectivity index (χ1v) is 6.38. The monoisotopic (exact) mass is 252 g/mol. The number of carboxylic acids is 1. The summed E-state index contributed by atoms with van der Waals surface area (Å²) in [6, 6.07) is 0.245. The van der Waals surface area contributed by atoms with Crippen LogP contribution in [0.3, 0.4) is 0 Å². The van der Waals surface area contributed by atoms with E-state index in [0.29, 0.717) is 12.5 Å². The zero-order valence-corrected chi connectivity index (χ0v) is 10.9. The van der Waals surface area contributed by atoms with Crippen molar-refractivity contribution in [1.29, 1.82) is 0 Å². The second-order valence-electron chi connectivity index (χ2n) is 5.22. The Morgan fingerprint density at radius 1 is 1.61 bits per heavy atom. The molecule has 0 radical (unpaired) electrons. The van der Waals surface area contributed by atoms with Gasteiger partial charge in [0.15, 0.2) is 0 Å². The standard InChI is InChI=1S/C12H20N4O2/c1-9(2)16-11(13-8-14-16)6-15(7-12(17)18)5-10-3-4-10/h8-10H,3-7H2,1-2H3,(H,17,18). The molecule has 1 N–H and O–H groups in total. The maximum absolute atomic E-state index is 10.9. The Kier molecular flexibility index (Phi) is 3.96. The first-order chi connectivity index (χ1) is 8.56. The van der Waals surface area contributed by atoms with E-state index in [1.807, 2.05) is 23.4 Å². The fourth-order valence-corrected chi connectivity index (χ4v) is 2.06. The summed E-state index contributed by atoms with van der Waals surface area (Å²) in [5, 5.41) is 13.1. The van der Waals surface area contributed by atoms with E-state index < -0.39 is 5.97 Å². The van der Waals surface area contributed by atoms with Gasteiger partial charge in [0.1, 0.15) is 12.2 Å². The number of hydrogen-bond donors (Lipinski definition) is 1. The molecule has 0 spiro atoms. The van der Waals surface area contributed by atoms with Gasteiger partial charge in [0.2, 0.25) is 0 Å². The summed E-state index contributed by atoms with van der Waals surface area (Å²) in [7, 11) is 0. The van der Waals surface area contributed by atoms with Gasteiger partial charge >= 0.3 is 5.97 Å². The van der Waals surface area contributed by atoms with Crippen LogP contribution in [0.5, 0.6) is 0 Å². The first kappa shape index (κ1) is 13.0. The highest BCUT2D eigenvalue weighted by Gasteiger charge is 2.26. The van der Waals surface area contributed by atoms with E-state index in [-0.39, 0.29) is 12.6 Å². The van der Waals surface area contributed by atoms with E-state index in [1.54, 1.807) is 0 Å². The van der Waals surface area contributed by atoms with Crippen LogP contribution in [-0.2, 0) is 11.3 Å². The summed E-state index contributed by atoms with van der Waals surface area (Å²) in [5.41, 5.74) is 0. The largest absolute Gasteiger partial charge is 0.480 e. The number of rotatable bonds is 7. The molecule has 1 aliphatic rings. The van der Waals surface area contributed by atoms with Crippen molar-refractivity contribution in [2.24, 2.45) is 5.92 Å². The summed E-state index contributed by atoms with van der Waals surface area (Å²) in [6.45, 7) is 5.56. The van der Waals surface area contributed by atoms with Crippen LogP contribution in [0, 0.1) is 5.92 Å². The summed E-state index contributed by atoms with van der Waals surface area (Å²) < 4.78 is 1.85. The average molecular weight is 252 g/mol. The minimum Gasteiger partial charge on any atom is -0.480 e. The van der Waals surface area contributed by atoms with Crippen molar-refractivity contribution in [3.63, 3.8) is 0 Å². The topological polar surface area (TPSA) is 71.2 Å². The van der Waals surface area contributed by atoms with Crippen molar-refractivity contribution < 1.29 is 9.90 Å². The molecule has 0 amide bonds. The van der Waals surface area contributed by atoms with Gasteiger partial charge in [-0.25, -0.2) is 9.67 Å². The highest BCUT2D eigenvalue weighted by molar-refractivity contribution is 5.69. The Balaban J connectivity index is 2.01. The summed E-state index contributed by atoms with van der Waals surface area (Å²) >= 11 is 0. The number of carbonyl (C=O) groups is 1. The van der Waals surface area contributed by atoms with Crippen molar-refractivity contribution in [3.8, 4) is 0 Å². The molecule has 0 aliphatic heterocycles. The summed E-state index contributed by atoms with van der Waals surface area (Å²) in [5.74, 6) is 0.720. The Bertz CT molecular complexity index is 412. The lowest BCUT2D eigenvalue weighted by Gasteiger charge is -2.20. The van der Waals surface area contributed by atoms with Crippen LogP contribution in [0.25, 0.3) is 0 Å². The zero-order chi connectivity index (χ0) is 13.1. The molecule has 1 heterocycles. The lowest BCUT2D eigenvalue weighted by Crippen LogP contribution is -2.32. The molecule has 1 fully saturated rings. The molecule has 0 aromatic carbocycles. The van der Waals surface area contributed by atoms with Crippen LogP contribution in [-0.4, -0.2) is 43.8 Å². The summed E-state index contributed by atoms with van der Waals surface area (Å²) in [6.07, 6.45) is 3.96. The van der Waals surface area contributed by atoms with E-state index in [2.05, 4.69) is 10.1 Å². The van der Waals surface area contributed by atoms with Crippen LogP contribution >= 0.6 is 0 Å². The molecule has 0 unspecified atom stereocenters. The minimum atomic E-state index is -0.786. The van der Waals surface area contributed by atoms with Crippen molar-refractivity contribution in [2.45, 2.75) is 39.3 Å². The number of hydrogen-bond acceptors (Lipinski definition) is 4. The molecular weight excluding hydrogens is 232 g/mol. The van der Waals surface area contributed by atoms with E-state index in [0.717, 1.165) is 12.4 Å². The maximum atomic E-state index is 10.9. The van der Waals surface area contributed by atoms with Crippen molar-refractivity contribution >= 4 is 5.97 Å². The normalized spacial score (nSPS) is 15.6. The fraction of sp³-hybridized carbons (Fsp3) is 0.750. The molecule has 6 nitrogen and oxygen atoms in total. The zero-order valence-electron chi connectivity index (χ0n) is 10.9. The molecule has 1 saturated carbocycles. The van der Waals surface area contributed by atoms with Crippen LogP contribution < -0.4 is 0 Å². The van der Waals surface area contributed by atoms with Gasteiger partial charge in [0.05, 0.1) is 13.1 Å². The smallest absolute Gasteiger partial charge is 0.317 e. The molecule has 1 aromatic heterocycles. The third-order valence-corrected chi connectivity index (χ3v) is 3.07. The number of aliphatic carboxylic acids is 1. The van der Waals surface area contributed by atoms with E-state index in [9.17, 15) is 4.79 Å². The Labute approximate surface area is 107 Å². The Morgan fingerprint density at radius 3 is 2.89 bits per heavy atom. The molecular formula is C12H20N4O2. The molecule has 6 heteroatoms. The van der Waals surface area contributed by atoms with Crippen LogP contribution in [0.2, 0.25) is 0 Å². The van der Waals surface area contributed by atoms with Crippen LogP contribution in [0.4, 0.5) is 0 Å². The lowest BCUT2D eigenvalue weighted by molar-refractivity contribution is -0.138.